The second-order valence-electron chi connectivity index (χ2n) is 5.94. The average molecular weight is 357 g/mol. The molecule has 1 atom stereocenters. The predicted molar refractivity (Wildman–Crippen MR) is 96.9 cm³/mol. The molecule has 2 aromatic rings. The highest BCUT2D eigenvalue weighted by molar-refractivity contribution is 5.96. The molecular formula is C18H23N5O3. The van der Waals surface area contributed by atoms with E-state index in [0.717, 1.165) is 24.4 Å². The molecule has 0 saturated carbocycles. The molecule has 138 valence electrons. The highest BCUT2D eigenvalue weighted by atomic mass is 16.5. The summed E-state index contributed by atoms with van der Waals surface area (Å²) >= 11 is 0. The van der Waals surface area contributed by atoms with E-state index in [-0.39, 0.29) is 23.5 Å². The molecule has 0 unspecified atom stereocenters. The number of ether oxygens (including phenoxy) is 2. The minimum atomic E-state index is -0.331. The van der Waals surface area contributed by atoms with Crippen LogP contribution >= 0.6 is 0 Å². The number of morpholine rings is 1. The molecule has 1 aliphatic heterocycles. The van der Waals surface area contributed by atoms with Crippen LogP contribution in [0.4, 0.5) is 5.82 Å². The van der Waals surface area contributed by atoms with Gasteiger partial charge >= 0.3 is 0 Å². The van der Waals surface area contributed by atoms with Gasteiger partial charge in [-0.25, -0.2) is 9.97 Å². The molecule has 1 aliphatic rings. The molecule has 0 aliphatic carbocycles. The SMILES string of the molecule is COc1ccc([C@H](CNC(=O)c2nccnc2N)N2CCOCC2)cc1. The van der Waals surface area contributed by atoms with Gasteiger partial charge in [-0.3, -0.25) is 9.69 Å². The van der Waals surface area contributed by atoms with Crippen molar-refractivity contribution in [1.29, 1.82) is 0 Å². The van der Waals surface area contributed by atoms with E-state index in [1.54, 1.807) is 7.11 Å². The Morgan fingerprint density at radius 3 is 2.62 bits per heavy atom. The number of nitrogens with two attached hydrogens (primary N) is 1. The quantitative estimate of drug-likeness (QED) is 0.791. The number of nitrogens with one attached hydrogen (secondary N) is 1. The summed E-state index contributed by atoms with van der Waals surface area (Å²) in [6.07, 6.45) is 2.91. The molecule has 1 aromatic carbocycles. The first-order valence-corrected chi connectivity index (χ1v) is 8.49. The molecule has 1 saturated heterocycles. The summed E-state index contributed by atoms with van der Waals surface area (Å²) < 4.78 is 10.7. The first-order valence-electron chi connectivity index (χ1n) is 8.49. The number of methoxy groups -OCH3 is 1. The first-order chi connectivity index (χ1) is 12.7. The van der Waals surface area contributed by atoms with Gasteiger partial charge in [0.1, 0.15) is 5.75 Å². The van der Waals surface area contributed by atoms with E-state index in [1.165, 1.54) is 12.4 Å². The Hall–Kier alpha value is -2.71. The van der Waals surface area contributed by atoms with Crippen molar-refractivity contribution < 1.29 is 14.3 Å². The lowest BCUT2D eigenvalue weighted by atomic mass is 10.0. The summed E-state index contributed by atoms with van der Waals surface area (Å²) in [6, 6.07) is 7.90. The Labute approximate surface area is 152 Å². The molecule has 1 fully saturated rings. The highest BCUT2D eigenvalue weighted by Gasteiger charge is 2.24. The van der Waals surface area contributed by atoms with Crippen LogP contribution in [0.15, 0.2) is 36.7 Å². The van der Waals surface area contributed by atoms with Crippen LogP contribution in [0.5, 0.6) is 5.75 Å². The lowest BCUT2D eigenvalue weighted by Gasteiger charge is -2.35. The van der Waals surface area contributed by atoms with E-state index in [4.69, 9.17) is 15.2 Å². The van der Waals surface area contributed by atoms with Gasteiger partial charge < -0.3 is 20.5 Å². The molecule has 0 bridgehead atoms. The van der Waals surface area contributed by atoms with Crippen molar-refractivity contribution in [2.45, 2.75) is 6.04 Å². The van der Waals surface area contributed by atoms with Gasteiger partial charge in [0.25, 0.3) is 5.91 Å². The predicted octanol–water partition coefficient (Wildman–Crippen LogP) is 0.871. The van der Waals surface area contributed by atoms with E-state index in [9.17, 15) is 4.79 Å². The van der Waals surface area contributed by atoms with Crippen molar-refractivity contribution in [3.05, 3.63) is 47.9 Å². The summed E-state index contributed by atoms with van der Waals surface area (Å²) in [5, 5.41) is 2.93. The van der Waals surface area contributed by atoms with Crippen molar-refractivity contribution >= 4 is 11.7 Å². The number of anilines is 1. The Morgan fingerprint density at radius 2 is 1.96 bits per heavy atom. The van der Waals surface area contributed by atoms with Crippen molar-refractivity contribution in [3.63, 3.8) is 0 Å². The zero-order valence-electron chi connectivity index (χ0n) is 14.7. The molecule has 3 rings (SSSR count). The zero-order valence-corrected chi connectivity index (χ0v) is 14.7. The number of carbonyl (C=O) groups excluding carboxylic acids is 1. The van der Waals surface area contributed by atoms with E-state index < -0.39 is 0 Å². The largest absolute Gasteiger partial charge is 0.497 e. The standard InChI is InChI=1S/C18H23N5O3/c1-25-14-4-2-13(3-5-14)15(23-8-10-26-11-9-23)12-22-18(24)16-17(19)21-7-6-20-16/h2-7,15H,8-12H2,1H3,(H2,19,21)(H,22,24)/t15-/m0/s1. The van der Waals surface area contributed by atoms with Gasteiger partial charge in [-0.2, -0.15) is 0 Å². The maximum atomic E-state index is 12.4. The fourth-order valence-electron chi connectivity index (χ4n) is 2.97. The maximum Gasteiger partial charge on any atom is 0.273 e. The summed E-state index contributed by atoms with van der Waals surface area (Å²) in [5.74, 6) is 0.589. The fourth-order valence-corrected chi connectivity index (χ4v) is 2.97. The number of nitrogens with zero attached hydrogens (tertiary/aromatic N) is 3. The van der Waals surface area contributed by atoms with Crippen LogP contribution in [0.25, 0.3) is 0 Å². The van der Waals surface area contributed by atoms with E-state index in [1.807, 2.05) is 24.3 Å². The molecule has 0 spiro atoms. The number of benzene rings is 1. The van der Waals surface area contributed by atoms with Gasteiger partial charge in [0.15, 0.2) is 11.5 Å². The smallest absolute Gasteiger partial charge is 0.273 e. The third-order valence-electron chi connectivity index (χ3n) is 4.38. The van der Waals surface area contributed by atoms with Crippen LogP contribution in [0.1, 0.15) is 22.1 Å². The van der Waals surface area contributed by atoms with Gasteiger partial charge in [-0.05, 0) is 17.7 Å². The van der Waals surface area contributed by atoms with Crippen LogP contribution in [-0.4, -0.2) is 60.7 Å². The minimum Gasteiger partial charge on any atom is -0.497 e. The molecule has 26 heavy (non-hydrogen) atoms. The van der Waals surface area contributed by atoms with E-state index >= 15 is 0 Å². The Kier molecular flexibility index (Phi) is 5.98. The first kappa shape index (κ1) is 18.1. The van der Waals surface area contributed by atoms with Crippen molar-refractivity contribution in [3.8, 4) is 5.75 Å². The maximum absolute atomic E-state index is 12.4. The molecule has 0 radical (unpaired) electrons. The molecular weight excluding hydrogens is 334 g/mol. The van der Waals surface area contributed by atoms with E-state index in [0.29, 0.717) is 19.8 Å². The average Bonchev–Trinajstić information content (AvgIpc) is 2.69. The Bertz CT molecular complexity index is 732. The zero-order chi connectivity index (χ0) is 18.4. The van der Waals surface area contributed by atoms with E-state index in [2.05, 4.69) is 20.2 Å². The third kappa shape index (κ3) is 4.27. The lowest BCUT2D eigenvalue weighted by Crippen LogP contribution is -2.44. The number of rotatable bonds is 6. The molecule has 3 N–H and O–H groups in total. The van der Waals surface area contributed by atoms with Crippen molar-refractivity contribution in [1.82, 2.24) is 20.2 Å². The van der Waals surface area contributed by atoms with Crippen molar-refractivity contribution in [2.75, 3.05) is 45.7 Å². The molecule has 1 aromatic heterocycles. The summed E-state index contributed by atoms with van der Waals surface area (Å²) in [5.41, 5.74) is 6.98. The van der Waals surface area contributed by atoms with Crippen molar-refractivity contribution in [2.24, 2.45) is 0 Å². The van der Waals surface area contributed by atoms with Gasteiger partial charge in [0.05, 0.1) is 26.4 Å². The number of aromatic nitrogens is 2. The van der Waals surface area contributed by atoms with Crippen LogP contribution in [0.3, 0.4) is 0 Å². The number of amides is 1. The monoisotopic (exact) mass is 357 g/mol. The molecule has 8 heteroatoms. The van der Waals surface area contributed by atoms with Gasteiger partial charge in [0, 0.05) is 32.0 Å². The molecule has 2 heterocycles. The fraction of sp³-hybridized carbons (Fsp3) is 0.389. The number of nitrogen functional groups attached to an aromatic ring is 1. The van der Waals surface area contributed by atoms with Gasteiger partial charge in [-0.1, -0.05) is 12.1 Å². The second kappa shape index (κ2) is 8.59. The highest BCUT2D eigenvalue weighted by Crippen LogP contribution is 2.23. The topological polar surface area (TPSA) is 103 Å². The lowest BCUT2D eigenvalue weighted by molar-refractivity contribution is 0.0162. The third-order valence-corrected chi connectivity index (χ3v) is 4.38. The van der Waals surface area contributed by atoms with Crippen LogP contribution in [0, 0.1) is 0 Å². The number of hydrogen-bond acceptors (Lipinski definition) is 7. The second-order valence-corrected chi connectivity index (χ2v) is 5.94. The molecule has 8 nitrogen and oxygen atoms in total. The number of hydrogen-bond donors (Lipinski definition) is 2. The van der Waals surface area contributed by atoms with Gasteiger partial charge in [-0.15, -0.1) is 0 Å². The Morgan fingerprint density at radius 1 is 1.27 bits per heavy atom. The van der Waals surface area contributed by atoms with Crippen LogP contribution in [-0.2, 0) is 4.74 Å². The minimum absolute atomic E-state index is 0.0200. The van der Waals surface area contributed by atoms with Crippen LogP contribution in [0.2, 0.25) is 0 Å². The molecule has 1 amide bonds. The summed E-state index contributed by atoms with van der Waals surface area (Å²) in [4.78, 5) is 22.6. The summed E-state index contributed by atoms with van der Waals surface area (Å²) in [7, 11) is 1.64. The number of carbonyl (C=O) groups is 1. The van der Waals surface area contributed by atoms with Gasteiger partial charge in [0.2, 0.25) is 0 Å². The summed E-state index contributed by atoms with van der Waals surface area (Å²) in [6.45, 7) is 3.40. The Balaban J connectivity index is 1.74. The normalized spacial score (nSPS) is 16.0. The van der Waals surface area contributed by atoms with Crippen LogP contribution < -0.4 is 15.8 Å².